The Kier molecular flexibility index (Phi) is 10.0. The molecule has 0 bridgehead atoms. The molecule has 1 unspecified atom stereocenters. The molecule has 0 spiro atoms. The smallest absolute Gasteiger partial charge is 0.416 e. The molecule has 1 saturated carbocycles. The van der Waals surface area contributed by atoms with Gasteiger partial charge in [0.05, 0.1) is 30.6 Å². The maximum absolute atomic E-state index is 13.4. The summed E-state index contributed by atoms with van der Waals surface area (Å²) in [7, 11) is 0. The summed E-state index contributed by atoms with van der Waals surface area (Å²) in [5.74, 6) is -0.129. The lowest BCUT2D eigenvalue weighted by molar-refractivity contribution is -0.908. The molecule has 12 heteroatoms. The molecule has 2 N–H and O–H groups in total. The summed E-state index contributed by atoms with van der Waals surface area (Å²) in [5.41, 5.74) is -0.524. The summed E-state index contributed by atoms with van der Waals surface area (Å²) in [6, 6.07) is 10.8. The third-order valence-corrected chi connectivity index (χ3v) is 10.5. The normalized spacial score (nSPS) is 21.5. The molecule has 250 valence electrons. The van der Waals surface area contributed by atoms with Crippen LogP contribution in [-0.2, 0) is 19.1 Å². The summed E-state index contributed by atoms with van der Waals surface area (Å²) in [6.45, 7) is 3.82. The van der Waals surface area contributed by atoms with Crippen molar-refractivity contribution in [3.8, 4) is 0 Å². The van der Waals surface area contributed by atoms with Gasteiger partial charge < -0.3 is 14.6 Å². The quantitative estimate of drug-likeness (QED) is 0.225. The van der Waals surface area contributed by atoms with Crippen LogP contribution >= 0.6 is 11.6 Å². The fourth-order valence-electron chi connectivity index (χ4n) is 7.61. The minimum Gasteiger partial charge on any atom is -0.451 e. The number of nitrogens with zero attached hydrogens (tertiary/aromatic N) is 3. The van der Waals surface area contributed by atoms with Gasteiger partial charge in [-0.15, -0.1) is 0 Å². The Hall–Kier alpha value is -3.70. The fourth-order valence-corrected chi connectivity index (χ4v) is 7.73. The number of amides is 1. The number of fused-ring (bicyclic) bond motifs is 1. The van der Waals surface area contributed by atoms with E-state index in [9.17, 15) is 22.8 Å². The first-order valence-corrected chi connectivity index (χ1v) is 16.8. The highest BCUT2D eigenvalue weighted by Crippen LogP contribution is 2.45. The highest BCUT2D eigenvalue weighted by atomic mass is 35.5. The number of hydrogen-bond acceptors (Lipinski definition) is 5. The third-order valence-electron chi connectivity index (χ3n) is 10.2. The number of halogens is 4. The van der Waals surface area contributed by atoms with E-state index in [-0.39, 0.29) is 28.2 Å². The molecule has 3 heterocycles. The zero-order valence-corrected chi connectivity index (χ0v) is 27.0. The first kappa shape index (κ1) is 33.2. The van der Waals surface area contributed by atoms with Gasteiger partial charge in [-0.1, -0.05) is 43.0 Å². The lowest BCUT2D eigenvalue weighted by Gasteiger charge is -2.46. The van der Waals surface area contributed by atoms with E-state index in [1.54, 1.807) is 6.33 Å². The first-order valence-electron chi connectivity index (χ1n) is 16.4. The largest absolute Gasteiger partial charge is 0.451 e. The first-order chi connectivity index (χ1) is 22.6. The van der Waals surface area contributed by atoms with Gasteiger partial charge in [-0.05, 0) is 61.1 Å². The van der Waals surface area contributed by atoms with Crippen molar-refractivity contribution in [3.63, 3.8) is 0 Å². The second-order valence-electron chi connectivity index (χ2n) is 13.3. The Morgan fingerprint density at radius 1 is 1.09 bits per heavy atom. The van der Waals surface area contributed by atoms with E-state index in [1.165, 1.54) is 37.0 Å². The van der Waals surface area contributed by atoms with Gasteiger partial charge in [-0.25, -0.2) is 4.98 Å². The van der Waals surface area contributed by atoms with Crippen molar-refractivity contribution in [2.75, 3.05) is 19.6 Å². The Balaban J connectivity index is 1.15. The molecule has 0 radical (unpaired) electrons. The van der Waals surface area contributed by atoms with Gasteiger partial charge in [0.15, 0.2) is 11.2 Å². The van der Waals surface area contributed by atoms with E-state index in [0.29, 0.717) is 23.8 Å². The number of likely N-dealkylation sites (tertiary alicyclic amines) is 1. The number of nitrogens with one attached hydrogen (secondary N) is 2. The molecule has 47 heavy (non-hydrogen) atoms. The number of carbonyl (C=O) groups excluding carboxylic acids is 1. The van der Waals surface area contributed by atoms with Crippen LogP contribution in [0.3, 0.4) is 0 Å². The van der Waals surface area contributed by atoms with Crippen LogP contribution in [0.4, 0.5) is 13.2 Å². The minimum absolute atomic E-state index is 0.0741. The van der Waals surface area contributed by atoms with Crippen LogP contribution < -0.4 is 15.6 Å². The average Bonchev–Trinajstić information content (AvgIpc) is 3.58. The van der Waals surface area contributed by atoms with Crippen LogP contribution in [0.15, 0.2) is 70.4 Å². The molecule has 2 aromatic carbocycles. The van der Waals surface area contributed by atoms with Gasteiger partial charge in [-0.2, -0.15) is 18.3 Å². The fraction of sp³-hybridized carbons (Fsp3) is 0.486. The number of piperidine rings is 1. The molecule has 4 aromatic rings. The predicted molar refractivity (Wildman–Crippen MR) is 172 cm³/mol. The van der Waals surface area contributed by atoms with Crippen molar-refractivity contribution < 1.29 is 27.3 Å². The number of quaternary nitrogens is 1. The van der Waals surface area contributed by atoms with Crippen molar-refractivity contribution in [2.45, 2.75) is 76.6 Å². The van der Waals surface area contributed by atoms with E-state index in [1.807, 2.05) is 35.3 Å². The van der Waals surface area contributed by atoms with Crippen molar-refractivity contribution in [1.29, 1.82) is 0 Å². The Morgan fingerprint density at radius 3 is 2.51 bits per heavy atom. The van der Waals surface area contributed by atoms with E-state index < -0.39 is 23.1 Å². The second kappa shape index (κ2) is 14.2. The molecular formula is C35H40ClF3N5O3+. The van der Waals surface area contributed by atoms with E-state index in [4.69, 9.17) is 16.0 Å². The highest BCUT2D eigenvalue weighted by Gasteiger charge is 2.44. The lowest BCUT2D eigenvalue weighted by atomic mass is 9.63. The standard InChI is InChI=1S/C35H39ClF3N5O3/c36-27-9-6-24(7-10-27)18-28(42-33(46)32-20-30(45)29-19-26(35(37,38)39)8-11-31(29)47-32)12-15-43-16-13-34(14-17-43,21-44-23-40-22-41-44)25-4-2-1-3-5-25/h6-11,19-20,22-23,25,28H,1-5,12-18,21H2,(H,42,46)/p+1. The molecule has 2 aliphatic rings. The summed E-state index contributed by atoms with van der Waals surface area (Å²) in [5, 5.41) is 7.88. The zero-order chi connectivity index (χ0) is 33.0. The minimum atomic E-state index is -4.60. The number of rotatable bonds is 10. The zero-order valence-electron chi connectivity index (χ0n) is 26.2. The lowest BCUT2D eigenvalue weighted by Crippen LogP contribution is -3.13. The van der Waals surface area contributed by atoms with Gasteiger partial charge in [0.2, 0.25) is 0 Å². The van der Waals surface area contributed by atoms with Gasteiger partial charge in [0.1, 0.15) is 18.2 Å². The van der Waals surface area contributed by atoms with Crippen LogP contribution in [-0.4, -0.2) is 46.3 Å². The monoisotopic (exact) mass is 670 g/mol. The molecule has 1 amide bonds. The van der Waals surface area contributed by atoms with E-state index in [0.717, 1.165) is 68.8 Å². The summed E-state index contributed by atoms with van der Waals surface area (Å²) >= 11 is 6.11. The number of carbonyl (C=O) groups is 1. The molecule has 1 aliphatic carbocycles. The average molecular weight is 671 g/mol. The maximum atomic E-state index is 13.4. The number of hydrogen-bond donors (Lipinski definition) is 2. The topological polar surface area (TPSA) is 94.5 Å². The van der Waals surface area contributed by atoms with Crippen molar-refractivity contribution in [1.82, 2.24) is 20.1 Å². The van der Waals surface area contributed by atoms with Crippen LogP contribution in [0.25, 0.3) is 11.0 Å². The van der Waals surface area contributed by atoms with Crippen LogP contribution in [0.2, 0.25) is 5.02 Å². The van der Waals surface area contributed by atoms with E-state index >= 15 is 0 Å². The molecular weight excluding hydrogens is 631 g/mol. The molecule has 2 fully saturated rings. The summed E-state index contributed by atoms with van der Waals surface area (Å²) in [6.07, 6.45) is 8.72. The number of aromatic nitrogens is 3. The molecule has 8 nitrogen and oxygen atoms in total. The number of alkyl halides is 3. The van der Waals surface area contributed by atoms with Gasteiger partial charge in [0.25, 0.3) is 5.91 Å². The molecule has 2 aromatic heterocycles. The summed E-state index contributed by atoms with van der Waals surface area (Å²) < 4.78 is 47.2. The van der Waals surface area contributed by atoms with Gasteiger partial charge in [0, 0.05) is 48.4 Å². The molecule has 1 saturated heterocycles. The van der Waals surface area contributed by atoms with Gasteiger partial charge >= 0.3 is 6.18 Å². The van der Waals surface area contributed by atoms with Crippen LogP contribution in [0.1, 0.15) is 73.0 Å². The number of benzene rings is 2. The molecule has 1 aliphatic heterocycles. The van der Waals surface area contributed by atoms with Crippen molar-refractivity contribution in [3.05, 3.63) is 93.3 Å². The second-order valence-corrected chi connectivity index (χ2v) is 13.7. The Bertz CT molecular complexity index is 1710. The van der Waals surface area contributed by atoms with Gasteiger partial charge in [-0.3, -0.25) is 14.3 Å². The summed E-state index contributed by atoms with van der Waals surface area (Å²) in [4.78, 5) is 31.9. The van der Waals surface area contributed by atoms with E-state index in [2.05, 4.69) is 15.4 Å². The maximum Gasteiger partial charge on any atom is 0.416 e. The molecule has 6 rings (SSSR count). The third kappa shape index (κ3) is 8.06. The van der Waals surface area contributed by atoms with Crippen LogP contribution in [0.5, 0.6) is 0 Å². The highest BCUT2D eigenvalue weighted by molar-refractivity contribution is 6.30. The Morgan fingerprint density at radius 2 is 1.83 bits per heavy atom. The van der Waals surface area contributed by atoms with Crippen LogP contribution in [0, 0.1) is 11.3 Å². The predicted octanol–water partition coefficient (Wildman–Crippen LogP) is 5.73. The van der Waals surface area contributed by atoms with Crippen molar-refractivity contribution in [2.24, 2.45) is 11.3 Å². The van der Waals surface area contributed by atoms with Crippen molar-refractivity contribution >= 4 is 28.5 Å². The Labute approximate surface area is 276 Å². The SMILES string of the molecule is O=C(NC(CC[NH+]1CCC(Cn2cncn2)(C2CCCCC2)CC1)Cc1ccc(Cl)cc1)c1cc(=O)c2cc(C(F)(F)F)ccc2o1. The molecule has 1 atom stereocenters.